The van der Waals surface area contributed by atoms with E-state index in [1.165, 1.54) is 12.8 Å². The van der Waals surface area contributed by atoms with Gasteiger partial charge in [0.25, 0.3) is 0 Å². The lowest BCUT2D eigenvalue weighted by Crippen LogP contribution is -2.45. The summed E-state index contributed by atoms with van der Waals surface area (Å²) < 4.78 is 11.9. The first-order valence-electron chi connectivity index (χ1n) is 9.35. The number of hydrogen-bond donors (Lipinski definition) is 1. The lowest BCUT2D eigenvalue weighted by Gasteiger charge is -2.38. The van der Waals surface area contributed by atoms with Crippen molar-refractivity contribution in [3.8, 4) is 0 Å². The first-order valence-corrected chi connectivity index (χ1v) is 9.35. The van der Waals surface area contributed by atoms with E-state index in [9.17, 15) is 4.79 Å². The van der Waals surface area contributed by atoms with E-state index in [-0.39, 0.29) is 17.6 Å². The molecule has 3 heterocycles. The van der Waals surface area contributed by atoms with Crippen LogP contribution in [0.25, 0.3) is 0 Å². The number of hydrogen-bond acceptors (Lipinski definition) is 4. The van der Waals surface area contributed by atoms with Crippen LogP contribution >= 0.6 is 0 Å². The number of carbonyl (C=O) groups excluding carboxylic acids is 1. The van der Waals surface area contributed by atoms with Crippen LogP contribution in [0.1, 0.15) is 50.0 Å². The monoisotopic (exact) mass is 332 g/mol. The molecular weight excluding hydrogens is 304 g/mol. The van der Waals surface area contributed by atoms with Crippen molar-refractivity contribution >= 4 is 5.91 Å². The normalized spacial score (nSPS) is 26.8. The summed E-state index contributed by atoms with van der Waals surface area (Å²) in [5, 5.41) is 3.07. The Morgan fingerprint density at radius 2 is 2.04 bits per heavy atom. The minimum absolute atomic E-state index is 0.0723. The maximum Gasteiger partial charge on any atom is 0.249 e. The van der Waals surface area contributed by atoms with Gasteiger partial charge in [0.15, 0.2) is 0 Å². The van der Waals surface area contributed by atoms with Crippen LogP contribution < -0.4 is 5.32 Å². The van der Waals surface area contributed by atoms with Crippen LogP contribution in [0.2, 0.25) is 0 Å². The number of amides is 1. The molecule has 0 aromatic carbocycles. The molecule has 1 aromatic heterocycles. The lowest BCUT2D eigenvalue weighted by molar-refractivity contribution is -0.141. The third-order valence-electron chi connectivity index (χ3n) is 5.75. The summed E-state index contributed by atoms with van der Waals surface area (Å²) >= 11 is 0. The number of rotatable bonds is 5. The quantitative estimate of drug-likeness (QED) is 0.900. The molecule has 1 saturated carbocycles. The van der Waals surface area contributed by atoms with E-state index in [4.69, 9.17) is 9.15 Å². The molecule has 3 aliphatic rings. The van der Waals surface area contributed by atoms with Crippen molar-refractivity contribution in [2.75, 3.05) is 19.6 Å². The Kier molecular flexibility index (Phi) is 4.39. The third-order valence-corrected chi connectivity index (χ3v) is 5.75. The van der Waals surface area contributed by atoms with Crippen LogP contribution in [0.3, 0.4) is 0 Å². The molecule has 5 nitrogen and oxygen atoms in total. The molecular formula is C19H28N2O3. The van der Waals surface area contributed by atoms with Gasteiger partial charge < -0.3 is 14.5 Å². The molecule has 1 spiro atoms. The average Bonchev–Trinajstić information content (AvgIpc) is 3.19. The van der Waals surface area contributed by atoms with E-state index in [0.717, 1.165) is 69.3 Å². The number of carbonyl (C=O) groups is 1. The largest absolute Gasteiger partial charge is 0.465 e. The Bertz CT molecular complexity index is 585. The van der Waals surface area contributed by atoms with Gasteiger partial charge in [0.2, 0.25) is 5.91 Å². The third kappa shape index (κ3) is 3.67. The van der Waals surface area contributed by atoms with Gasteiger partial charge in [-0.25, -0.2) is 0 Å². The molecule has 3 fully saturated rings. The fourth-order valence-electron chi connectivity index (χ4n) is 3.96. The van der Waals surface area contributed by atoms with Crippen molar-refractivity contribution in [3.63, 3.8) is 0 Å². The van der Waals surface area contributed by atoms with Gasteiger partial charge in [-0.15, -0.1) is 0 Å². The van der Waals surface area contributed by atoms with Gasteiger partial charge in [-0.05, 0) is 63.5 Å². The topological polar surface area (TPSA) is 54.7 Å². The van der Waals surface area contributed by atoms with Crippen LogP contribution in [0.4, 0.5) is 0 Å². The van der Waals surface area contributed by atoms with Crippen molar-refractivity contribution in [2.45, 2.75) is 63.7 Å². The summed E-state index contributed by atoms with van der Waals surface area (Å²) in [5.41, 5.74) is -0.0723. The minimum atomic E-state index is -0.233. The maximum atomic E-state index is 12.3. The molecule has 0 unspecified atom stereocenters. The van der Waals surface area contributed by atoms with Crippen molar-refractivity contribution < 1.29 is 13.9 Å². The number of furan rings is 1. The van der Waals surface area contributed by atoms with E-state index in [0.29, 0.717) is 0 Å². The second-order valence-electron chi connectivity index (χ2n) is 7.81. The predicted molar refractivity (Wildman–Crippen MR) is 90.5 cm³/mol. The second-order valence-corrected chi connectivity index (χ2v) is 7.81. The number of piperidine rings is 1. The van der Waals surface area contributed by atoms with Crippen molar-refractivity contribution in [1.29, 1.82) is 0 Å². The molecule has 0 radical (unpaired) electrons. The number of likely N-dealkylation sites (tertiary alicyclic amines) is 1. The van der Waals surface area contributed by atoms with Gasteiger partial charge in [0, 0.05) is 19.6 Å². The molecule has 132 valence electrons. The summed E-state index contributed by atoms with van der Waals surface area (Å²) in [6.07, 6.45) is 6.21. The molecule has 5 heteroatoms. The maximum absolute atomic E-state index is 12.3. The summed E-state index contributed by atoms with van der Waals surface area (Å²) in [6.45, 7) is 5.71. The average molecular weight is 332 g/mol. The van der Waals surface area contributed by atoms with Crippen LogP contribution in [0.5, 0.6) is 0 Å². The van der Waals surface area contributed by atoms with Crippen LogP contribution in [-0.4, -0.2) is 42.1 Å². The first kappa shape index (κ1) is 16.2. The lowest BCUT2D eigenvalue weighted by atomic mass is 9.88. The van der Waals surface area contributed by atoms with Gasteiger partial charge >= 0.3 is 0 Å². The summed E-state index contributed by atoms with van der Waals surface area (Å²) in [6, 6.07) is 4.08. The van der Waals surface area contributed by atoms with E-state index < -0.39 is 0 Å². The highest BCUT2D eigenvalue weighted by Crippen LogP contribution is 2.39. The van der Waals surface area contributed by atoms with Gasteiger partial charge in [-0.1, -0.05) is 0 Å². The molecule has 2 saturated heterocycles. The van der Waals surface area contributed by atoms with Crippen LogP contribution in [0, 0.1) is 12.8 Å². The molecule has 24 heavy (non-hydrogen) atoms. The Labute approximate surface area is 143 Å². The smallest absolute Gasteiger partial charge is 0.249 e. The van der Waals surface area contributed by atoms with Gasteiger partial charge in [0.1, 0.15) is 17.6 Å². The summed E-state index contributed by atoms with van der Waals surface area (Å²) in [4.78, 5) is 14.7. The number of nitrogens with zero attached hydrogens (tertiary/aromatic N) is 1. The molecule has 1 aliphatic carbocycles. The Morgan fingerprint density at radius 3 is 2.71 bits per heavy atom. The number of ether oxygens (including phenoxy) is 1. The number of aryl methyl sites for hydroxylation is 1. The molecule has 1 atom stereocenters. The van der Waals surface area contributed by atoms with Crippen molar-refractivity contribution in [3.05, 3.63) is 23.7 Å². The molecule has 1 amide bonds. The molecule has 4 rings (SSSR count). The summed E-state index contributed by atoms with van der Waals surface area (Å²) in [5.74, 6) is 2.83. The Balaban J connectivity index is 1.25. The standard InChI is InChI=1S/C19H28N2O3/c1-14-2-5-16(23-14)13-21-10-8-19(9-11-21)7-6-17(24-19)18(22)20-12-15-3-4-15/h2,5,15,17H,3-4,6-13H2,1H3,(H,20,22)/t17-/m1/s1. The molecule has 1 N–H and O–H groups in total. The van der Waals surface area contributed by atoms with Crippen LogP contribution in [-0.2, 0) is 16.1 Å². The van der Waals surface area contributed by atoms with Gasteiger partial charge in [0.05, 0.1) is 12.1 Å². The second kappa shape index (κ2) is 6.52. The molecule has 0 bridgehead atoms. The number of nitrogens with one attached hydrogen (secondary N) is 1. The zero-order valence-electron chi connectivity index (χ0n) is 14.6. The van der Waals surface area contributed by atoms with E-state index in [1.807, 2.05) is 13.0 Å². The first-order chi connectivity index (χ1) is 11.6. The van der Waals surface area contributed by atoms with E-state index in [2.05, 4.69) is 16.3 Å². The molecule has 2 aliphatic heterocycles. The fraction of sp³-hybridized carbons (Fsp3) is 0.737. The minimum Gasteiger partial charge on any atom is -0.465 e. The summed E-state index contributed by atoms with van der Waals surface area (Å²) in [7, 11) is 0. The zero-order valence-corrected chi connectivity index (χ0v) is 14.6. The highest BCUT2D eigenvalue weighted by molar-refractivity contribution is 5.81. The van der Waals surface area contributed by atoms with Gasteiger partial charge in [-0.2, -0.15) is 0 Å². The van der Waals surface area contributed by atoms with Crippen molar-refractivity contribution in [2.24, 2.45) is 5.92 Å². The Hall–Kier alpha value is -1.33. The predicted octanol–water partition coefficient (Wildman–Crippen LogP) is 2.63. The van der Waals surface area contributed by atoms with Crippen LogP contribution in [0.15, 0.2) is 16.5 Å². The van der Waals surface area contributed by atoms with E-state index in [1.54, 1.807) is 0 Å². The van der Waals surface area contributed by atoms with E-state index >= 15 is 0 Å². The SMILES string of the molecule is Cc1ccc(CN2CCC3(CC[C@H](C(=O)NCC4CC4)O3)CC2)o1. The van der Waals surface area contributed by atoms with Gasteiger partial charge in [-0.3, -0.25) is 9.69 Å². The zero-order chi connectivity index (χ0) is 16.6. The highest BCUT2D eigenvalue weighted by atomic mass is 16.5. The fourth-order valence-corrected chi connectivity index (χ4v) is 3.96. The van der Waals surface area contributed by atoms with Crippen molar-refractivity contribution in [1.82, 2.24) is 10.2 Å². The highest BCUT2D eigenvalue weighted by Gasteiger charge is 2.44. The Morgan fingerprint density at radius 1 is 1.25 bits per heavy atom. The molecule has 1 aromatic rings.